The van der Waals surface area contributed by atoms with Gasteiger partial charge in [-0.3, -0.25) is 4.79 Å². The van der Waals surface area contributed by atoms with Crippen LogP contribution in [-0.4, -0.2) is 29.2 Å². The van der Waals surface area contributed by atoms with Crippen LogP contribution in [0.3, 0.4) is 0 Å². The Kier molecular flexibility index (Phi) is 5.58. The van der Waals surface area contributed by atoms with Crippen LogP contribution in [-0.2, 0) is 0 Å². The molecule has 2 heterocycles. The zero-order valence-electron chi connectivity index (χ0n) is 18.1. The number of aromatic amines is 1. The lowest BCUT2D eigenvalue weighted by atomic mass is 9.90. The molecule has 0 atom stereocenters. The van der Waals surface area contributed by atoms with E-state index in [2.05, 4.69) is 21.6 Å². The van der Waals surface area contributed by atoms with Crippen LogP contribution >= 0.6 is 0 Å². The fourth-order valence-electron chi connectivity index (χ4n) is 4.46. The Balaban J connectivity index is 1.54. The molecule has 1 fully saturated rings. The number of para-hydroxylation sites is 1. The van der Waals surface area contributed by atoms with E-state index in [9.17, 15) is 4.79 Å². The van der Waals surface area contributed by atoms with Crippen molar-refractivity contribution in [3.05, 3.63) is 60.3 Å². The van der Waals surface area contributed by atoms with Gasteiger partial charge in [-0.15, -0.1) is 0 Å². The van der Waals surface area contributed by atoms with E-state index in [0.29, 0.717) is 11.6 Å². The van der Waals surface area contributed by atoms with Gasteiger partial charge in [0, 0.05) is 28.1 Å². The monoisotopic (exact) mass is 426 g/mol. The first-order valence-electron chi connectivity index (χ1n) is 11.1. The van der Waals surface area contributed by atoms with Gasteiger partial charge in [0.15, 0.2) is 0 Å². The zero-order valence-corrected chi connectivity index (χ0v) is 18.1. The number of hydrazone groups is 1. The second kappa shape index (κ2) is 8.83. The number of carbonyl (C=O) groups excluding carboxylic acids is 1. The summed E-state index contributed by atoms with van der Waals surface area (Å²) in [5.74, 6) is 0.912. The number of amides is 1. The van der Waals surface area contributed by atoms with Gasteiger partial charge in [-0.2, -0.15) is 5.10 Å². The maximum Gasteiger partial charge on any atom is 0.289 e. The Bertz CT molecular complexity index is 1280. The fraction of sp³-hybridized carbons (Fsp3) is 0.269. The Hall–Kier alpha value is -3.67. The van der Waals surface area contributed by atoms with Crippen LogP contribution in [0.15, 0.2) is 59.7 Å². The summed E-state index contributed by atoms with van der Waals surface area (Å²) in [5.41, 5.74) is 6.57. The smallest absolute Gasteiger partial charge is 0.289 e. The highest BCUT2D eigenvalue weighted by atomic mass is 16.5. The third kappa shape index (κ3) is 3.96. The first-order chi connectivity index (χ1) is 15.7. The fourth-order valence-corrected chi connectivity index (χ4v) is 4.46. The molecular formula is C26H26N4O2. The van der Waals surface area contributed by atoms with Crippen molar-refractivity contribution in [3.63, 3.8) is 0 Å². The van der Waals surface area contributed by atoms with Crippen molar-refractivity contribution in [2.45, 2.75) is 32.1 Å². The first kappa shape index (κ1) is 20.2. The van der Waals surface area contributed by atoms with Gasteiger partial charge in [0.05, 0.1) is 18.3 Å². The summed E-state index contributed by atoms with van der Waals surface area (Å²) in [5, 5.41) is 6.25. The van der Waals surface area contributed by atoms with Crippen LogP contribution in [0.4, 0.5) is 0 Å². The van der Waals surface area contributed by atoms with Crippen molar-refractivity contribution >= 4 is 33.9 Å². The van der Waals surface area contributed by atoms with Crippen LogP contribution in [0.2, 0.25) is 0 Å². The number of H-pyrrole nitrogens is 1. The van der Waals surface area contributed by atoms with Gasteiger partial charge in [0.1, 0.15) is 11.4 Å². The molecule has 0 saturated heterocycles. The van der Waals surface area contributed by atoms with E-state index in [-0.39, 0.29) is 5.91 Å². The summed E-state index contributed by atoms with van der Waals surface area (Å²) in [6, 6.07) is 17.6. The molecule has 1 saturated carbocycles. The van der Waals surface area contributed by atoms with Gasteiger partial charge in [-0.25, -0.2) is 10.4 Å². The molecule has 6 heteroatoms. The molecule has 0 spiro atoms. The van der Waals surface area contributed by atoms with E-state index in [1.54, 1.807) is 7.11 Å². The second-order valence-corrected chi connectivity index (χ2v) is 8.29. The summed E-state index contributed by atoms with van der Waals surface area (Å²) in [4.78, 5) is 21.2. The van der Waals surface area contributed by atoms with Gasteiger partial charge in [0.25, 0.3) is 5.91 Å². The summed E-state index contributed by atoms with van der Waals surface area (Å²) in [6.45, 7) is 0. The Labute approximate surface area is 186 Å². The number of fused-ring (bicyclic) bond motifs is 3. The van der Waals surface area contributed by atoms with E-state index in [1.165, 1.54) is 19.3 Å². The highest BCUT2D eigenvalue weighted by Crippen LogP contribution is 2.33. The van der Waals surface area contributed by atoms with Crippen LogP contribution in [0.1, 0.15) is 42.6 Å². The van der Waals surface area contributed by atoms with Crippen LogP contribution in [0.25, 0.3) is 33.1 Å². The van der Waals surface area contributed by atoms with E-state index >= 15 is 0 Å². The normalized spacial score (nSPS) is 14.9. The lowest BCUT2D eigenvalue weighted by molar-refractivity contribution is 0.0950. The van der Waals surface area contributed by atoms with Gasteiger partial charge >= 0.3 is 0 Å². The lowest BCUT2D eigenvalue weighted by Crippen LogP contribution is -2.20. The number of hydrogen-bond donors (Lipinski definition) is 2. The molecule has 6 nitrogen and oxygen atoms in total. The number of nitrogens with one attached hydrogen (secondary N) is 2. The van der Waals surface area contributed by atoms with Gasteiger partial charge in [-0.1, -0.05) is 37.5 Å². The lowest BCUT2D eigenvalue weighted by Gasteiger charge is -2.16. The SMILES string of the molecule is COc1ccc(-c2nc(C(=O)N/N=C/C3CCCCC3)cc3c2[nH]c2ccccc23)cc1. The third-order valence-electron chi connectivity index (χ3n) is 6.19. The Morgan fingerprint density at radius 1 is 1.09 bits per heavy atom. The minimum absolute atomic E-state index is 0.306. The number of nitrogens with zero attached hydrogens (tertiary/aromatic N) is 2. The van der Waals surface area contributed by atoms with Crippen LogP contribution in [0, 0.1) is 5.92 Å². The molecule has 2 aromatic heterocycles. The minimum atomic E-state index is -0.306. The third-order valence-corrected chi connectivity index (χ3v) is 6.19. The van der Waals surface area contributed by atoms with Gasteiger partial charge in [0.2, 0.25) is 0 Å². The van der Waals surface area contributed by atoms with Crippen molar-refractivity contribution in [2.24, 2.45) is 11.0 Å². The zero-order chi connectivity index (χ0) is 21.9. The predicted octanol–water partition coefficient (Wildman–Crippen LogP) is 5.69. The average molecular weight is 427 g/mol. The Morgan fingerprint density at radius 2 is 1.88 bits per heavy atom. The van der Waals surface area contributed by atoms with E-state index in [4.69, 9.17) is 9.72 Å². The van der Waals surface area contributed by atoms with Crippen molar-refractivity contribution < 1.29 is 9.53 Å². The number of aromatic nitrogens is 2. The van der Waals surface area contributed by atoms with E-state index in [1.807, 2.05) is 54.7 Å². The molecule has 1 aliphatic rings. The first-order valence-corrected chi connectivity index (χ1v) is 11.1. The predicted molar refractivity (Wildman–Crippen MR) is 128 cm³/mol. The van der Waals surface area contributed by atoms with Crippen molar-refractivity contribution in [2.75, 3.05) is 7.11 Å². The van der Waals surface area contributed by atoms with Gasteiger partial charge < -0.3 is 9.72 Å². The number of rotatable bonds is 5. The maximum atomic E-state index is 13.0. The molecule has 0 aliphatic heterocycles. The standard InChI is InChI=1S/C26H26N4O2/c1-32-19-13-11-18(12-14-19)24-25-21(20-9-5-6-10-22(20)28-25)15-23(29-24)26(31)30-27-16-17-7-3-2-4-8-17/h5-6,9-17,28H,2-4,7-8H2,1H3,(H,30,31)/b27-16+. The molecule has 5 rings (SSSR count). The largest absolute Gasteiger partial charge is 0.497 e. The van der Waals surface area contributed by atoms with Crippen molar-refractivity contribution in [1.82, 2.24) is 15.4 Å². The van der Waals surface area contributed by atoms with Crippen molar-refractivity contribution in [1.29, 1.82) is 0 Å². The molecule has 32 heavy (non-hydrogen) atoms. The molecule has 2 N–H and O–H groups in total. The number of pyridine rings is 1. The summed E-state index contributed by atoms with van der Waals surface area (Å²) < 4.78 is 5.29. The quantitative estimate of drug-likeness (QED) is 0.318. The van der Waals surface area contributed by atoms with Gasteiger partial charge in [-0.05, 0) is 55.2 Å². The van der Waals surface area contributed by atoms with E-state index < -0.39 is 0 Å². The maximum absolute atomic E-state index is 13.0. The summed E-state index contributed by atoms with van der Waals surface area (Å²) in [6.07, 6.45) is 7.91. The molecule has 2 aromatic carbocycles. The molecule has 1 amide bonds. The van der Waals surface area contributed by atoms with Crippen molar-refractivity contribution in [3.8, 4) is 17.0 Å². The molecular weight excluding hydrogens is 400 g/mol. The molecule has 162 valence electrons. The second-order valence-electron chi connectivity index (χ2n) is 8.29. The molecule has 1 aliphatic carbocycles. The molecule has 0 bridgehead atoms. The minimum Gasteiger partial charge on any atom is -0.497 e. The Morgan fingerprint density at radius 3 is 2.66 bits per heavy atom. The molecule has 4 aromatic rings. The highest BCUT2D eigenvalue weighted by Gasteiger charge is 2.17. The highest BCUT2D eigenvalue weighted by molar-refractivity contribution is 6.13. The number of methoxy groups -OCH3 is 1. The van der Waals surface area contributed by atoms with E-state index in [0.717, 1.165) is 51.7 Å². The summed E-state index contributed by atoms with van der Waals surface area (Å²) in [7, 11) is 1.64. The number of hydrogen-bond acceptors (Lipinski definition) is 4. The average Bonchev–Trinajstić information content (AvgIpc) is 3.23. The van der Waals surface area contributed by atoms with Crippen LogP contribution < -0.4 is 10.2 Å². The summed E-state index contributed by atoms with van der Waals surface area (Å²) >= 11 is 0. The topological polar surface area (TPSA) is 79.4 Å². The number of benzene rings is 2. The van der Waals surface area contributed by atoms with Crippen LogP contribution in [0.5, 0.6) is 5.75 Å². The molecule has 0 unspecified atom stereocenters. The molecule has 0 radical (unpaired) electrons. The number of carbonyl (C=O) groups is 1. The number of ether oxygens (including phenoxy) is 1.